The second kappa shape index (κ2) is 8.65. The van der Waals surface area contributed by atoms with Gasteiger partial charge in [0.15, 0.2) is 0 Å². The summed E-state index contributed by atoms with van der Waals surface area (Å²) in [5.74, 6) is 0. The molecule has 0 saturated heterocycles. The van der Waals surface area contributed by atoms with Gasteiger partial charge in [0.1, 0.15) is 5.01 Å². The highest BCUT2D eigenvalue weighted by molar-refractivity contribution is 7.11. The van der Waals surface area contributed by atoms with Gasteiger partial charge in [-0.1, -0.05) is 39.5 Å². The molecule has 0 saturated carbocycles. The molecule has 2 nitrogen and oxygen atoms in total. The molecule has 1 aromatic rings. The number of aromatic nitrogens is 1. The van der Waals surface area contributed by atoms with Gasteiger partial charge in [-0.25, -0.2) is 4.98 Å². The van der Waals surface area contributed by atoms with Gasteiger partial charge in [0, 0.05) is 17.1 Å². The third kappa shape index (κ3) is 5.49. The van der Waals surface area contributed by atoms with Crippen LogP contribution in [-0.2, 0) is 6.42 Å². The van der Waals surface area contributed by atoms with Gasteiger partial charge in [0.2, 0.25) is 0 Å². The van der Waals surface area contributed by atoms with E-state index < -0.39 is 0 Å². The maximum Gasteiger partial charge on any atom is 0.109 e. The van der Waals surface area contributed by atoms with E-state index in [1.54, 1.807) is 0 Å². The predicted molar refractivity (Wildman–Crippen MR) is 81.3 cm³/mol. The molecule has 2 unspecified atom stereocenters. The van der Waals surface area contributed by atoms with Crippen LogP contribution in [0.1, 0.15) is 75.7 Å². The van der Waals surface area contributed by atoms with E-state index in [1.165, 1.54) is 42.0 Å². The maximum absolute atomic E-state index is 4.51. The minimum atomic E-state index is 0.386. The van der Waals surface area contributed by atoms with E-state index in [1.807, 2.05) is 17.5 Å². The molecule has 1 aromatic heterocycles. The number of thiazole rings is 1. The van der Waals surface area contributed by atoms with Crippen molar-refractivity contribution < 1.29 is 0 Å². The van der Waals surface area contributed by atoms with Gasteiger partial charge in [-0.2, -0.15) is 0 Å². The fraction of sp³-hybridized carbons (Fsp3) is 0.800. The first kappa shape index (κ1) is 15.6. The zero-order chi connectivity index (χ0) is 13.4. The van der Waals surface area contributed by atoms with Crippen LogP contribution < -0.4 is 5.32 Å². The molecule has 0 amide bonds. The Labute approximate surface area is 116 Å². The molecule has 1 rings (SSSR count). The summed E-state index contributed by atoms with van der Waals surface area (Å²) in [7, 11) is 0. The molecule has 3 heteroatoms. The smallest absolute Gasteiger partial charge is 0.109 e. The average molecular weight is 268 g/mol. The minimum absolute atomic E-state index is 0.386. The number of unbranched alkanes of at least 4 members (excludes halogenated alkanes) is 3. The normalized spacial score (nSPS) is 14.7. The Morgan fingerprint density at radius 3 is 2.61 bits per heavy atom. The summed E-state index contributed by atoms with van der Waals surface area (Å²) in [6.07, 6.45) is 9.78. The molecule has 104 valence electrons. The molecular weight excluding hydrogens is 240 g/mol. The number of nitrogens with zero attached hydrogens (tertiary/aromatic N) is 1. The molecule has 0 aliphatic carbocycles. The first-order valence-corrected chi connectivity index (χ1v) is 8.19. The molecule has 2 atom stereocenters. The summed E-state index contributed by atoms with van der Waals surface area (Å²) in [4.78, 5) is 5.89. The first-order chi connectivity index (χ1) is 8.67. The number of rotatable bonds is 9. The van der Waals surface area contributed by atoms with Crippen LogP contribution in [0.25, 0.3) is 0 Å². The Morgan fingerprint density at radius 2 is 2.00 bits per heavy atom. The van der Waals surface area contributed by atoms with E-state index in [0.29, 0.717) is 12.1 Å². The molecular formula is C15H28N2S. The summed E-state index contributed by atoms with van der Waals surface area (Å²) >= 11 is 1.84. The highest BCUT2D eigenvalue weighted by Crippen LogP contribution is 2.21. The Morgan fingerprint density at radius 1 is 1.22 bits per heavy atom. The molecule has 0 radical (unpaired) electrons. The lowest BCUT2D eigenvalue weighted by Gasteiger charge is -2.18. The van der Waals surface area contributed by atoms with E-state index >= 15 is 0 Å². The van der Waals surface area contributed by atoms with Gasteiger partial charge in [0.25, 0.3) is 0 Å². The van der Waals surface area contributed by atoms with Gasteiger partial charge >= 0.3 is 0 Å². The van der Waals surface area contributed by atoms with Crippen molar-refractivity contribution in [1.29, 1.82) is 0 Å². The van der Waals surface area contributed by atoms with Crippen molar-refractivity contribution in [3.05, 3.63) is 16.1 Å². The highest BCUT2D eigenvalue weighted by atomic mass is 32.1. The third-order valence-electron chi connectivity index (χ3n) is 3.32. The van der Waals surface area contributed by atoms with Crippen LogP contribution >= 0.6 is 11.3 Å². The molecule has 18 heavy (non-hydrogen) atoms. The summed E-state index contributed by atoms with van der Waals surface area (Å²) in [5.41, 5.74) is 0. The van der Waals surface area contributed by atoms with E-state index in [-0.39, 0.29) is 0 Å². The van der Waals surface area contributed by atoms with Crippen molar-refractivity contribution in [1.82, 2.24) is 10.3 Å². The van der Waals surface area contributed by atoms with Crippen LogP contribution in [0.15, 0.2) is 6.20 Å². The van der Waals surface area contributed by atoms with E-state index in [9.17, 15) is 0 Å². The van der Waals surface area contributed by atoms with Gasteiger partial charge in [-0.15, -0.1) is 11.3 Å². The standard InChI is InChI=1S/C15H28N2S/c1-5-7-8-9-10-12(3)17-13(4)15-16-11-14(6-2)18-15/h11-13,17H,5-10H2,1-4H3. The lowest BCUT2D eigenvalue weighted by Crippen LogP contribution is -2.28. The maximum atomic E-state index is 4.51. The van der Waals surface area contributed by atoms with Gasteiger partial charge in [-0.3, -0.25) is 0 Å². The van der Waals surface area contributed by atoms with Crippen molar-refractivity contribution in [2.45, 2.75) is 78.3 Å². The third-order valence-corrected chi connectivity index (χ3v) is 4.64. The summed E-state index contributed by atoms with van der Waals surface area (Å²) in [6, 6.07) is 0.974. The van der Waals surface area contributed by atoms with Crippen molar-refractivity contribution in [3.8, 4) is 0 Å². The van der Waals surface area contributed by atoms with Crippen molar-refractivity contribution >= 4 is 11.3 Å². The topological polar surface area (TPSA) is 24.9 Å². The molecule has 0 spiro atoms. The quantitative estimate of drug-likeness (QED) is 0.656. The Bertz CT molecular complexity index is 322. The largest absolute Gasteiger partial charge is 0.306 e. The monoisotopic (exact) mass is 268 g/mol. The Balaban J connectivity index is 2.28. The number of nitrogens with one attached hydrogen (secondary N) is 1. The van der Waals surface area contributed by atoms with Crippen LogP contribution in [0.2, 0.25) is 0 Å². The molecule has 1 N–H and O–H groups in total. The number of hydrogen-bond donors (Lipinski definition) is 1. The van der Waals surface area contributed by atoms with Crippen molar-refractivity contribution in [3.63, 3.8) is 0 Å². The first-order valence-electron chi connectivity index (χ1n) is 7.38. The van der Waals surface area contributed by atoms with Crippen LogP contribution in [-0.4, -0.2) is 11.0 Å². The van der Waals surface area contributed by atoms with E-state index in [4.69, 9.17) is 0 Å². The molecule has 0 bridgehead atoms. The van der Waals surface area contributed by atoms with Crippen LogP contribution in [0, 0.1) is 0 Å². The highest BCUT2D eigenvalue weighted by Gasteiger charge is 2.12. The minimum Gasteiger partial charge on any atom is -0.306 e. The van der Waals surface area contributed by atoms with Crippen molar-refractivity contribution in [2.24, 2.45) is 0 Å². The van der Waals surface area contributed by atoms with Gasteiger partial charge in [0.05, 0.1) is 6.04 Å². The zero-order valence-corrected chi connectivity index (χ0v) is 13.1. The van der Waals surface area contributed by atoms with E-state index in [2.05, 4.69) is 38.0 Å². The fourth-order valence-electron chi connectivity index (χ4n) is 2.14. The lowest BCUT2D eigenvalue weighted by atomic mass is 10.1. The Kier molecular flexibility index (Phi) is 7.52. The SMILES string of the molecule is CCCCCCC(C)NC(C)c1ncc(CC)s1. The zero-order valence-electron chi connectivity index (χ0n) is 12.3. The average Bonchev–Trinajstić information content (AvgIpc) is 2.83. The number of aryl methyl sites for hydroxylation is 1. The van der Waals surface area contributed by atoms with Crippen LogP contribution in [0.5, 0.6) is 0 Å². The second-order valence-corrected chi connectivity index (χ2v) is 6.30. The lowest BCUT2D eigenvalue weighted by molar-refractivity contribution is 0.437. The van der Waals surface area contributed by atoms with Crippen LogP contribution in [0.4, 0.5) is 0 Å². The second-order valence-electron chi connectivity index (χ2n) is 5.16. The summed E-state index contributed by atoms with van der Waals surface area (Å²) in [5, 5.41) is 4.89. The van der Waals surface area contributed by atoms with Crippen LogP contribution in [0.3, 0.4) is 0 Å². The predicted octanol–water partition coefficient (Wildman–Crippen LogP) is 4.72. The molecule has 0 fully saturated rings. The number of hydrogen-bond acceptors (Lipinski definition) is 3. The molecule has 0 aromatic carbocycles. The summed E-state index contributed by atoms with van der Waals surface area (Å²) < 4.78 is 0. The van der Waals surface area contributed by atoms with Gasteiger partial charge in [-0.05, 0) is 26.7 Å². The van der Waals surface area contributed by atoms with Crippen molar-refractivity contribution in [2.75, 3.05) is 0 Å². The molecule has 0 aliphatic rings. The molecule has 0 aliphatic heterocycles. The van der Waals surface area contributed by atoms with E-state index in [0.717, 1.165) is 6.42 Å². The summed E-state index contributed by atoms with van der Waals surface area (Å²) in [6.45, 7) is 8.96. The molecule has 1 heterocycles. The Hall–Kier alpha value is -0.410. The van der Waals surface area contributed by atoms with Gasteiger partial charge < -0.3 is 5.32 Å². The fourth-order valence-corrected chi connectivity index (χ4v) is 3.01.